The van der Waals surface area contributed by atoms with Gasteiger partial charge in [0.2, 0.25) is 0 Å². The van der Waals surface area contributed by atoms with Crippen LogP contribution in [0.25, 0.3) is 0 Å². The summed E-state index contributed by atoms with van der Waals surface area (Å²) in [4.78, 5) is 37.4. The van der Waals surface area contributed by atoms with Crippen LogP contribution in [0, 0.1) is 11.3 Å². The van der Waals surface area contributed by atoms with E-state index in [1.807, 2.05) is 6.07 Å². The number of nitrogens with zero attached hydrogens (tertiary/aromatic N) is 2. The molecule has 0 bridgehead atoms. The van der Waals surface area contributed by atoms with E-state index in [2.05, 4.69) is 9.47 Å². The summed E-state index contributed by atoms with van der Waals surface area (Å²) in [5, 5.41) is 9.51. The van der Waals surface area contributed by atoms with Crippen molar-refractivity contribution < 1.29 is 28.6 Å². The number of esters is 2. The van der Waals surface area contributed by atoms with E-state index in [0.717, 1.165) is 12.0 Å². The van der Waals surface area contributed by atoms with Crippen molar-refractivity contribution in [3.63, 3.8) is 0 Å². The van der Waals surface area contributed by atoms with E-state index in [9.17, 15) is 19.6 Å². The Bertz CT molecular complexity index is 724. The molecule has 0 spiro atoms. The fraction of sp³-hybridized carbons (Fsp3) is 0.375. The number of carbonyl (C=O) groups excluding carboxylic acids is 3. The number of hydrogen-bond acceptors (Lipinski definition) is 7. The zero-order valence-corrected chi connectivity index (χ0v) is 13.4. The quantitative estimate of drug-likeness (QED) is 0.735. The van der Waals surface area contributed by atoms with Crippen molar-refractivity contribution in [1.82, 2.24) is 4.90 Å². The van der Waals surface area contributed by atoms with Gasteiger partial charge in [0, 0.05) is 11.1 Å². The maximum atomic E-state index is 12.7. The van der Waals surface area contributed by atoms with Crippen LogP contribution in [-0.4, -0.2) is 50.1 Å². The van der Waals surface area contributed by atoms with Gasteiger partial charge in [-0.15, -0.1) is 0 Å². The van der Waals surface area contributed by atoms with Crippen molar-refractivity contribution in [1.29, 1.82) is 5.26 Å². The summed E-state index contributed by atoms with van der Waals surface area (Å²) in [6, 6.07) is 4.38. The normalized spacial score (nSPS) is 16.8. The van der Waals surface area contributed by atoms with Crippen LogP contribution in [0.3, 0.4) is 0 Å². The van der Waals surface area contributed by atoms with Gasteiger partial charge < -0.3 is 19.1 Å². The van der Waals surface area contributed by atoms with Gasteiger partial charge in [-0.3, -0.25) is 9.59 Å². The Morgan fingerprint density at radius 2 is 2.00 bits per heavy atom. The molecule has 1 aliphatic heterocycles. The molecule has 126 valence electrons. The standard InChI is InChI=1S/C16H16N2O6/c1-22-9-4-5-10-11(6-9)13(8-17)18(15(10)20)12(16(21)24-3)7-14(19)23-2/h4-6,12-13H,7H2,1-3H3. The van der Waals surface area contributed by atoms with Crippen LogP contribution in [0.5, 0.6) is 5.75 Å². The van der Waals surface area contributed by atoms with E-state index in [1.54, 1.807) is 12.1 Å². The summed E-state index contributed by atoms with van der Waals surface area (Å²) in [6.07, 6.45) is -0.405. The third kappa shape index (κ3) is 2.88. The number of carbonyl (C=O) groups is 3. The van der Waals surface area contributed by atoms with Gasteiger partial charge in [0.1, 0.15) is 17.8 Å². The molecule has 2 unspecified atom stereocenters. The highest BCUT2D eigenvalue weighted by Crippen LogP contribution is 2.37. The van der Waals surface area contributed by atoms with Crippen LogP contribution in [0.4, 0.5) is 0 Å². The monoisotopic (exact) mass is 332 g/mol. The maximum Gasteiger partial charge on any atom is 0.329 e. The number of amides is 1. The average Bonchev–Trinajstić information content (AvgIpc) is 2.89. The Kier molecular flexibility index (Phi) is 5.04. The lowest BCUT2D eigenvalue weighted by Crippen LogP contribution is -2.45. The van der Waals surface area contributed by atoms with E-state index in [1.165, 1.54) is 20.3 Å². The Hall–Kier alpha value is -3.08. The summed E-state index contributed by atoms with van der Waals surface area (Å²) in [5.74, 6) is -1.54. The Morgan fingerprint density at radius 3 is 2.54 bits per heavy atom. The second-order valence-corrected chi connectivity index (χ2v) is 5.02. The number of nitriles is 1. The van der Waals surface area contributed by atoms with E-state index in [-0.39, 0.29) is 5.56 Å². The third-order valence-electron chi connectivity index (χ3n) is 3.82. The molecule has 1 aliphatic rings. The SMILES string of the molecule is COC(=O)CC(C(=O)OC)N1C(=O)c2ccc(OC)cc2C1C#N. The molecule has 0 radical (unpaired) electrons. The number of fused-ring (bicyclic) bond motifs is 1. The smallest absolute Gasteiger partial charge is 0.329 e. The first-order valence-electron chi connectivity index (χ1n) is 7.03. The minimum Gasteiger partial charge on any atom is -0.497 e. The van der Waals surface area contributed by atoms with Gasteiger partial charge in [-0.25, -0.2) is 4.79 Å². The van der Waals surface area contributed by atoms with Gasteiger partial charge in [0.05, 0.1) is 33.8 Å². The first-order chi connectivity index (χ1) is 11.5. The molecule has 0 aliphatic carbocycles. The minimum absolute atomic E-state index is 0.279. The molecule has 0 saturated heterocycles. The van der Waals surface area contributed by atoms with Gasteiger partial charge in [-0.2, -0.15) is 5.26 Å². The average molecular weight is 332 g/mol. The van der Waals surface area contributed by atoms with Gasteiger partial charge >= 0.3 is 11.9 Å². The van der Waals surface area contributed by atoms with E-state index in [4.69, 9.17) is 4.74 Å². The summed E-state index contributed by atoms with van der Waals surface area (Å²) < 4.78 is 14.4. The molecule has 1 aromatic carbocycles. The van der Waals surface area contributed by atoms with Crippen molar-refractivity contribution in [2.75, 3.05) is 21.3 Å². The number of ether oxygens (including phenoxy) is 3. The summed E-state index contributed by atoms with van der Waals surface area (Å²) in [5.41, 5.74) is 0.696. The Balaban J connectivity index is 2.48. The molecule has 0 saturated carbocycles. The molecule has 1 amide bonds. The highest BCUT2D eigenvalue weighted by atomic mass is 16.5. The van der Waals surface area contributed by atoms with Crippen LogP contribution in [0.2, 0.25) is 0 Å². The Labute approximate surface area is 138 Å². The highest BCUT2D eigenvalue weighted by molar-refractivity contribution is 6.02. The highest BCUT2D eigenvalue weighted by Gasteiger charge is 2.45. The van der Waals surface area contributed by atoms with Crippen molar-refractivity contribution in [2.24, 2.45) is 0 Å². The summed E-state index contributed by atoms with van der Waals surface area (Å²) >= 11 is 0. The molecule has 0 fully saturated rings. The van der Waals surface area contributed by atoms with E-state index < -0.39 is 36.4 Å². The molecule has 1 aromatic rings. The van der Waals surface area contributed by atoms with Crippen LogP contribution in [0.1, 0.15) is 28.4 Å². The van der Waals surface area contributed by atoms with Crippen LogP contribution < -0.4 is 4.74 Å². The zero-order chi connectivity index (χ0) is 17.9. The number of hydrogen-bond donors (Lipinski definition) is 0. The molecular weight excluding hydrogens is 316 g/mol. The molecule has 1 heterocycles. The molecule has 8 heteroatoms. The second kappa shape index (κ2) is 7.00. The largest absolute Gasteiger partial charge is 0.497 e. The lowest BCUT2D eigenvalue weighted by molar-refractivity contribution is -0.152. The van der Waals surface area contributed by atoms with Crippen LogP contribution >= 0.6 is 0 Å². The number of benzene rings is 1. The molecule has 0 N–H and O–H groups in total. The fourth-order valence-electron chi connectivity index (χ4n) is 2.62. The fourth-order valence-corrected chi connectivity index (χ4v) is 2.62. The second-order valence-electron chi connectivity index (χ2n) is 5.02. The maximum absolute atomic E-state index is 12.7. The van der Waals surface area contributed by atoms with Crippen molar-refractivity contribution in [3.05, 3.63) is 29.3 Å². The summed E-state index contributed by atoms with van der Waals surface area (Å²) in [6.45, 7) is 0. The molecule has 0 aromatic heterocycles. The third-order valence-corrected chi connectivity index (χ3v) is 3.82. The zero-order valence-electron chi connectivity index (χ0n) is 13.4. The van der Waals surface area contributed by atoms with E-state index >= 15 is 0 Å². The number of methoxy groups -OCH3 is 3. The number of rotatable bonds is 5. The first kappa shape index (κ1) is 17.3. The molecule has 24 heavy (non-hydrogen) atoms. The van der Waals surface area contributed by atoms with Crippen molar-refractivity contribution in [2.45, 2.75) is 18.5 Å². The van der Waals surface area contributed by atoms with Crippen molar-refractivity contribution in [3.8, 4) is 11.8 Å². The van der Waals surface area contributed by atoms with E-state index in [0.29, 0.717) is 11.3 Å². The lowest BCUT2D eigenvalue weighted by atomic mass is 10.0. The predicted molar refractivity (Wildman–Crippen MR) is 80.0 cm³/mol. The Morgan fingerprint density at radius 1 is 1.29 bits per heavy atom. The van der Waals surface area contributed by atoms with Gasteiger partial charge in [0.25, 0.3) is 5.91 Å². The first-order valence-corrected chi connectivity index (χ1v) is 7.03. The minimum atomic E-state index is -1.25. The van der Waals surface area contributed by atoms with Gasteiger partial charge in [0.15, 0.2) is 0 Å². The topological polar surface area (TPSA) is 106 Å². The molecule has 8 nitrogen and oxygen atoms in total. The predicted octanol–water partition coefficient (Wildman–Crippen LogP) is 0.820. The van der Waals surface area contributed by atoms with Crippen LogP contribution in [0.15, 0.2) is 18.2 Å². The summed E-state index contributed by atoms with van der Waals surface area (Å²) in [7, 11) is 3.78. The molecular formula is C16H16N2O6. The van der Waals surface area contributed by atoms with Crippen LogP contribution in [-0.2, 0) is 19.1 Å². The van der Waals surface area contributed by atoms with Gasteiger partial charge in [-0.05, 0) is 18.2 Å². The molecule has 2 atom stereocenters. The molecule has 2 rings (SSSR count). The van der Waals surface area contributed by atoms with Crippen molar-refractivity contribution >= 4 is 17.8 Å². The lowest BCUT2D eigenvalue weighted by Gasteiger charge is -2.27. The van der Waals surface area contributed by atoms with Gasteiger partial charge in [-0.1, -0.05) is 0 Å².